The second-order valence-corrected chi connectivity index (χ2v) is 12.2. The van der Waals surface area contributed by atoms with Crippen LogP contribution in [0, 0.1) is 10.5 Å². The molecule has 1 aliphatic heterocycles. The van der Waals surface area contributed by atoms with Crippen molar-refractivity contribution in [1.82, 2.24) is 4.90 Å². The molecule has 0 N–H and O–H groups in total. The Labute approximate surface area is 243 Å². The van der Waals surface area contributed by atoms with Gasteiger partial charge in [-0.2, -0.15) is 8.42 Å². The minimum Gasteiger partial charge on any atom is -0.493 e. The topological polar surface area (TPSA) is 99.2 Å². The van der Waals surface area contributed by atoms with Crippen LogP contribution in [0.15, 0.2) is 70.5 Å². The Balaban J connectivity index is 1.50. The fourth-order valence-corrected chi connectivity index (χ4v) is 6.30. The first kappa shape index (κ1) is 28.3. The van der Waals surface area contributed by atoms with E-state index in [-0.39, 0.29) is 34.5 Å². The number of hydrogen-bond donors (Lipinski definition) is 0. The maximum Gasteiger partial charge on any atom is 0.339 e. The van der Waals surface area contributed by atoms with Gasteiger partial charge >= 0.3 is 10.1 Å². The van der Waals surface area contributed by atoms with Gasteiger partial charge in [0, 0.05) is 5.02 Å². The van der Waals surface area contributed by atoms with Crippen molar-refractivity contribution in [3.8, 4) is 17.2 Å². The molecule has 0 bridgehead atoms. The van der Waals surface area contributed by atoms with Crippen LogP contribution in [0.3, 0.4) is 0 Å². The van der Waals surface area contributed by atoms with E-state index in [1.807, 2.05) is 53.8 Å². The Hall–Kier alpha value is -2.74. The quantitative estimate of drug-likeness (QED) is 0.151. The first-order valence-corrected chi connectivity index (χ1v) is 14.8. The lowest BCUT2D eigenvalue weighted by Crippen LogP contribution is -2.32. The van der Waals surface area contributed by atoms with Gasteiger partial charge in [0.25, 0.3) is 11.1 Å². The van der Waals surface area contributed by atoms with Crippen LogP contribution in [-0.2, 0) is 14.9 Å². The highest BCUT2D eigenvalue weighted by Gasteiger charge is 2.35. The van der Waals surface area contributed by atoms with E-state index in [9.17, 15) is 18.0 Å². The average Bonchev–Trinajstić information content (AvgIpc) is 3.13. The molecule has 12 heteroatoms. The molecule has 1 fully saturated rings. The molecule has 3 aromatic rings. The predicted octanol–water partition coefficient (Wildman–Crippen LogP) is 6.14. The Morgan fingerprint density at radius 2 is 1.82 bits per heavy atom. The number of ether oxygens (including phenoxy) is 2. The maximum absolute atomic E-state index is 12.9. The number of thioether (sulfide) groups is 1. The lowest BCUT2D eigenvalue weighted by molar-refractivity contribution is -0.123. The fraction of sp³-hybridized carbons (Fsp3) is 0.154. The van der Waals surface area contributed by atoms with Crippen molar-refractivity contribution >= 4 is 73.3 Å². The zero-order valence-corrected chi connectivity index (χ0v) is 24.7. The lowest BCUT2D eigenvalue weighted by atomic mass is 10.2. The number of rotatable bonds is 9. The van der Waals surface area contributed by atoms with Gasteiger partial charge in [-0.15, -0.1) is 0 Å². The van der Waals surface area contributed by atoms with Gasteiger partial charge in [-0.3, -0.25) is 14.5 Å². The Morgan fingerprint density at radius 3 is 2.50 bits per heavy atom. The number of amides is 2. The highest BCUT2D eigenvalue weighted by Crippen LogP contribution is 2.38. The summed E-state index contributed by atoms with van der Waals surface area (Å²) < 4.78 is 42.4. The summed E-state index contributed by atoms with van der Waals surface area (Å²) in [5, 5.41) is -0.00607. The number of hydrogen-bond acceptors (Lipinski definition) is 8. The number of carbonyl (C=O) groups excluding carboxylic acids is 2. The van der Waals surface area contributed by atoms with E-state index < -0.39 is 21.3 Å². The molecule has 4 rings (SSSR count). The van der Waals surface area contributed by atoms with E-state index in [2.05, 4.69) is 0 Å². The third kappa shape index (κ3) is 6.63. The molecule has 1 heterocycles. The first-order valence-electron chi connectivity index (χ1n) is 11.1. The van der Waals surface area contributed by atoms with Gasteiger partial charge in [-0.1, -0.05) is 23.7 Å². The molecule has 8 nitrogen and oxygen atoms in total. The normalized spacial score (nSPS) is 14.7. The second kappa shape index (κ2) is 12.0. The first-order chi connectivity index (χ1) is 18.1. The molecule has 1 aliphatic rings. The summed E-state index contributed by atoms with van der Waals surface area (Å²) in [6, 6.07) is 16.2. The second-order valence-electron chi connectivity index (χ2n) is 8.02. The number of benzene rings is 3. The number of aryl methyl sites for hydroxylation is 1. The van der Waals surface area contributed by atoms with Crippen LogP contribution >= 0.6 is 46.0 Å². The molecule has 0 saturated carbocycles. The zero-order chi connectivity index (χ0) is 27.4. The largest absolute Gasteiger partial charge is 0.493 e. The van der Waals surface area contributed by atoms with Gasteiger partial charge < -0.3 is 13.7 Å². The third-order valence-electron chi connectivity index (χ3n) is 5.29. The van der Waals surface area contributed by atoms with Gasteiger partial charge in [0.15, 0.2) is 11.5 Å². The van der Waals surface area contributed by atoms with Crippen molar-refractivity contribution in [2.75, 3.05) is 20.3 Å². The molecule has 0 aliphatic carbocycles. The standard InChI is InChI=1S/C26H21ClINO7S2/c1-16-4-3-5-19(12-16)35-11-10-29-25(30)23(37-26(29)31)15-17-13-21(28)24(22(14-17)34-2)36-38(32,33)20-8-6-18(27)7-9-20/h3-9,12-15H,10-11H2,1-2H3/b23-15-. The monoisotopic (exact) mass is 685 g/mol. The molecule has 0 aromatic heterocycles. The van der Waals surface area contributed by atoms with E-state index >= 15 is 0 Å². The summed E-state index contributed by atoms with van der Waals surface area (Å²) in [6.45, 7) is 2.21. The van der Waals surface area contributed by atoms with Gasteiger partial charge in [-0.25, -0.2) is 0 Å². The van der Waals surface area contributed by atoms with Gasteiger partial charge in [0.1, 0.15) is 17.3 Å². The van der Waals surface area contributed by atoms with Crippen molar-refractivity contribution in [2.24, 2.45) is 0 Å². The third-order valence-corrected chi connectivity index (χ3v) is 8.49. The molecule has 0 unspecified atom stereocenters. The van der Waals surface area contributed by atoms with E-state index in [4.69, 9.17) is 25.3 Å². The minimum atomic E-state index is -4.16. The highest BCUT2D eigenvalue weighted by atomic mass is 127. The van der Waals surface area contributed by atoms with Crippen molar-refractivity contribution in [2.45, 2.75) is 11.8 Å². The lowest BCUT2D eigenvalue weighted by Gasteiger charge is -2.14. The average molecular weight is 686 g/mol. The highest BCUT2D eigenvalue weighted by molar-refractivity contribution is 14.1. The van der Waals surface area contributed by atoms with Crippen LogP contribution < -0.4 is 13.7 Å². The molecule has 1 saturated heterocycles. The summed E-state index contributed by atoms with van der Waals surface area (Å²) in [7, 11) is -2.78. The van der Waals surface area contributed by atoms with Crippen molar-refractivity contribution in [1.29, 1.82) is 0 Å². The van der Waals surface area contributed by atoms with E-state index in [1.54, 1.807) is 12.1 Å². The van der Waals surface area contributed by atoms with Gasteiger partial charge in [0.2, 0.25) is 0 Å². The number of imide groups is 1. The van der Waals surface area contributed by atoms with E-state index in [0.29, 0.717) is 19.9 Å². The molecule has 0 radical (unpaired) electrons. The smallest absolute Gasteiger partial charge is 0.339 e. The fourth-order valence-electron chi connectivity index (χ4n) is 3.47. The molecular weight excluding hydrogens is 665 g/mol. The summed E-state index contributed by atoms with van der Waals surface area (Å²) >= 11 is 8.59. The van der Waals surface area contributed by atoms with Crippen molar-refractivity contribution < 1.29 is 31.7 Å². The maximum atomic E-state index is 12.9. The molecule has 0 atom stereocenters. The SMILES string of the molecule is COc1cc(/C=C2\SC(=O)N(CCOc3cccc(C)c3)C2=O)cc(I)c1OS(=O)(=O)c1ccc(Cl)cc1. The predicted molar refractivity (Wildman–Crippen MR) is 154 cm³/mol. The van der Waals surface area contributed by atoms with Gasteiger partial charge in [0.05, 0.1) is 22.1 Å². The van der Waals surface area contributed by atoms with Crippen LogP contribution in [0.5, 0.6) is 17.2 Å². The molecule has 198 valence electrons. The number of halogens is 2. The van der Waals surface area contributed by atoms with Crippen LogP contribution in [0.4, 0.5) is 4.79 Å². The summed E-state index contributed by atoms with van der Waals surface area (Å²) in [6.07, 6.45) is 1.55. The van der Waals surface area contributed by atoms with Crippen molar-refractivity contribution in [3.05, 3.63) is 85.3 Å². The minimum absolute atomic E-state index is 0.00148. The summed E-state index contributed by atoms with van der Waals surface area (Å²) in [4.78, 5) is 26.7. The number of carbonyl (C=O) groups is 2. The van der Waals surface area contributed by atoms with Crippen LogP contribution in [-0.4, -0.2) is 44.7 Å². The molecular formula is C26H21ClINO7S2. The van der Waals surface area contributed by atoms with Crippen molar-refractivity contribution in [3.63, 3.8) is 0 Å². The number of methoxy groups -OCH3 is 1. The summed E-state index contributed by atoms with van der Waals surface area (Å²) in [5.41, 5.74) is 1.57. The Kier molecular flexibility index (Phi) is 8.91. The van der Waals surface area contributed by atoms with Crippen LogP contribution in [0.2, 0.25) is 5.02 Å². The van der Waals surface area contributed by atoms with Crippen LogP contribution in [0.25, 0.3) is 6.08 Å². The molecule has 38 heavy (non-hydrogen) atoms. The molecule has 0 spiro atoms. The molecule has 3 aromatic carbocycles. The zero-order valence-electron chi connectivity index (χ0n) is 20.1. The van der Waals surface area contributed by atoms with Gasteiger partial charge in [-0.05, 0) is 107 Å². The molecule has 2 amide bonds. The Morgan fingerprint density at radius 1 is 1.08 bits per heavy atom. The van der Waals surface area contributed by atoms with E-state index in [1.165, 1.54) is 37.4 Å². The number of nitrogens with zero attached hydrogens (tertiary/aromatic N) is 1. The summed E-state index contributed by atoms with van der Waals surface area (Å²) in [5.74, 6) is 0.370. The van der Waals surface area contributed by atoms with E-state index in [0.717, 1.165) is 22.2 Å². The van der Waals surface area contributed by atoms with Crippen LogP contribution in [0.1, 0.15) is 11.1 Å². The Bertz CT molecular complexity index is 1530.